The van der Waals surface area contributed by atoms with Crippen LogP contribution in [0.25, 0.3) is 0 Å². The molecule has 0 saturated carbocycles. The Morgan fingerprint density at radius 2 is 1.83 bits per heavy atom. The fraction of sp³-hybridized carbons (Fsp3) is 0.267. The maximum Gasteiger partial charge on any atom is 0.0418 e. The molecular weight excluding hydrogens is 222 g/mol. The molecule has 1 aromatic heterocycles. The number of rotatable bonds is 4. The van der Waals surface area contributed by atoms with Crippen LogP contribution >= 0.6 is 0 Å². The average Bonchev–Trinajstić information content (AvgIpc) is 2.38. The summed E-state index contributed by atoms with van der Waals surface area (Å²) in [6.07, 6.45) is 3.74. The first kappa shape index (κ1) is 12.4. The van der Waals surface area contributed by atoms with Crippen LogP contribution in [0.1, 0.15) is 11.1 Å². The summed E-state index contributed by atoms with van der Waals surface area (Å²) < 4.78 is 0. The summed E-state index contributed by atoms with van der Waals surface area (Å²) in [6, 6.07) is 10.4. The number of aromatic nitrogens is 1. The van der Waals surface area contributed by atoms with E-state index < -0.39 is 0 Å². The van der Waals surface area contributed by atoms with Crippen LogP contribution in [-0.2, 0) is 6.54 Å². The van der Waals surface area contributed by atoms with Gasteiger partial charge in [-0.15, -0.1) is 0 Å². The first-order valence-electron chi connectivity index (χ1n) is 6.07. The van der Waals surface area contributed by atoms with Crippen LogP contribution in [0.2, 0.25) is 0 Å². The van der Waals surface area contributed by atoms with Gasteiger partial charge < -0.3 is 10.2 Å². The van der Waals surface area contributed by atoms with Gasteiger partial charge in [-0.05, 0) is 48.4 Å². The monoisotopic (exact) mass is 241 g/mol. The number of nitrogens with zero attached hydrogens (tertiary/aromatic N) is 2. The zero-order valence-electron chi connectivity index (χ0n) is 11.1. The van der Waals surface area contributed by atoms with E-state index in [1.54, 1.807) is 0 Å². The van der Waals surface area contributed by atoms with Crippen molar-refractivity contribution in [1.82, 2.24) is 4.98 Å². The van der Waals surface area contributed by atoms with E-state index in [2.05, 4.69) is 46.4 Å². The van der Waals surface area contributed by atoms with Gasteiger partial charge in [-0.2, -0.15) is 0 Å². The molecule has 0 unspecified atom stereocenters. The molecule has 2 rings (SSSR count). The lowest BCUT2D eigenvalue weighted by Crippen LogP contribution is -2.08. The number of hydrogen-bond donors (Lipinski definition) is 1. The predicted octanol–water partition coefficient (Wildman–Crippen LogP) is 3.07. The lowest BCUT2D eigenvalue weighted by Gasteiger charge is -2.13. The SMILES string of the molecule is Cc1ccncc1CNc1ccc(N(C)C)cc1. The molecular formula is C15H19N3. The third-order valence-corrected chi connectivity index (χ3v) is 3.01. The van der Waals surface area contributed by atoms with Crippen molar-refractivity contribution < 1.29 is 0 Å². The highest BCUT2D eigenvalue weighted by Crippen LogP contribution is 2.16. The zero-order valence-corrected chi connectivity index (χ0v) is 11.1. The molecule has 0 amide bonds. The number of benzene rings is 1. The first-order valence-corrected chi connectivity index (χ1v) is 6.07. The van der Waals surface area contributed by atoms with Gasteiger partial charge in [0.05, 0.1) is 0 Å². The normalized spacial score (nSPS) is 10.2. The molecule has 1 N–H and O–H groups in total. The molecule has 0 saturated heterocycles. The number of anilines is 2. The van der Waals surface area contributed by atoms with Gasteiger partial charge >= 0.3 is 0 Å². The molecule has 0 spiro atoms. The standard InChI is InChI=1S/C15H19N3/c1-12-8-9-16-10-13(12)11-17-14-4-6-15(7-5-14)18(2)3/h4-10,17H,11H2,1-3H3. The molecule has 1 heterocycles. The maximum absolute atomic E-state index is 4.15. The van der Waals surface area contributed by atoms with Gasteiger partial charge in [-0.25, -0.2) is 0 Å². The molecule has 2 aromatic rings. The smallest absolute Gasteiger partial charge is 0.0418 e. The number of nitrogens with one attached hydrogen (secondary N) is 1. The molecule has 0 aliphatic carbocycles. The largest absolute Gasteiger partial charge is 0.381 e. The van der Waals surface area contributed by atoms with Crippen molar-refractivity contribution in [2.45, 2.75) is 13.5 Å². The Morgan fingerprint density at radius 3 is 2.44 bits per heavy atom. The molecule has 0 aliphatic heterocycles. The summed E-state index contributed by atoms with van der Waals surface area (Å²) in [6.45, 7) is 2.91. The summed E-state index contributed by atoms with van der Waals surface area (Å²) >= 11 is 0. The van der Waals surface area contributed by atoms with Crippen molar-refractivity contribution in [3.05, 3.63) is 53.9 Å². The average molecular weight is 241 g/mol. The molecule has 0 bridgehead atoms. The van der Waals surface area contributed by atoms with Gasteiger partial charge in [0.15, 0.2) is 0 Å². The van der Waals surface area contributed by atoms with Crippen LogP contribution in [0.5, 0.6) is 0 Å². The first-order chi connectivity index (χ1) is 8.66. The number of pyridine rings is 1. The second kappa shape index (κ2) is 5.54. The van der Waals surface area contributed by atoms with Gasteiger partial charge in [-0.1, -0.05) is 0 Å². The quantitative estimate of drug-likeness (QED) is 0.891. The number of aryl methyl sites for hydroxylation is 1. The molecule has 18 heavy (non-hydrogen) atoms. The Morgan fingerprint density at radius 1 is 1.11 bits per heavy atom. The predicted molar refractivity (Wildman–Crippen MR) is 77.1 cm³/mol. The van der Waals surface area contributed by atoms with Crippen LogP contribution in [0.15, 0.2) is 42.7 Å². The molecule has 1 aromatic carbocycles. The van der Waals surface area contributed by atoms with Crippen molar-refractivity contribution >= 4 is 11.4 Å². The van der Waals surface area contributed by atoms with Crippen LogP contribution in [-0.4, -0.2) is 19.1 Å². The summed E-state index contributed by atoms with van der Waals surface area (Å²) in [5.74, 6) is 0. The second-order valence-electron chi connectivity index (χ2n) is 4.60. The van der Waals surface area contributed by atoms with E-state index in [-0.39, 0.29) is 0 Å². The molecule has 3 heteroatoms. The van der Waals surface area contributed by atoms with Crippen molar-refractivity contribution in [2.24, 2.45) is 0 Å². The molecule has 94 valence electrons. The van der Waals surface area contributed by atoms with Gasteiger partial charge in [0.25, 0.3) is 0 Å². The minimum Gasteiger partial charge on any atom is -0.381 e. The summed E-state index contributed by atoms with van der Waals surface area (Å²) in [5.41, 5.74) is 4.83. The van der Waals surface area contributed by atoms with E-state index >= 15 is 0 Å². The van der Waals surface area contributed by atoms with Crippen LogP contribution < -0.4 is 10.2 Å². The summed E-state index contributed by atoms with van der Waals surface area (Å²) in [7, 11) is 4.09. The Balaban J connectivity index is 2.00. The Bertz CT molecular complexity index is 503. The van der Waals surface area contributed by atoms with Crippen molar-refractivity contribution in [3.63, 3.8) is 0 Å². The van der Waals surface area contributed by atoms with Crippen LogP contribution in [0, 0.1) is 6.92 Å². The van der Waals surface area contributed by atoms with Gasteiger partial charge in [0, 0.05) is 44.4 Å². The van der Waals surface area contributed by atoms with E-state index in [1.165, 1.54) is 16.8 Å². The van der Waals surface area contributed by atoms with E-state index in [0.29, 0.717) is 0 Å². The highest BCUT2D eigenvalue weighted by atomic mass is 15.1. The van der Waals surface area contributed by atoms with Crippen molar-refractivity contribution in [1.29, 1.82) is 0 Å². The van der Waals surface area contributed by atoms with E-state index in [9.17, 15) is 0 Å². The van der Waals surface area contributed by atoms with E-state index in [0.717, 1.165) is 12.2 Å². The Kier molecular flexibility index (Phi) is 3.82. The lowest BCUT2D eigenvalue weighted by molar-refractivity contribution is 1.08. The van der Waals surface area contributed by atoms with Gasteiger partial charge in [0.2, 0.25) is 0 Å². The fourth-order valence-corrected chi connectivity index (χ4v) is 1.76. The number of hydrogen-bond acceptors (Lipinski definition) is 3. The third kappa shape index (κ3) is 3.00. The van der Waals surface area contributed by atoms with Crippen molar-refractivity contribution in [2.75, 3.05) is 24.3 Å². The van der Waals surface area contributed by atoms with Crippen molar-refractivity contribution in [3.8, 4) is 0 Å². The summed E-state index contributed by atoms with van der Waals surface area (Å²) in [5, 5.41) is 3.41. The molecule has 0 atom stereocenters. The van der Waals surface area contributed by atoms with Gasteiger partial charge in [0.1, 0.15) is 0 Å². The minimum absolute atomic E-state index is 0.807. The Labute approximate surface area is 108 Å². The topological polar surface area (TPSA) is 28.2 Å². The summed E-state index contributed by atoms with van der Waals surface area (Å²) in [4.78, 5) is 6.24. The maximum atomic E-state index is 4.15. The van der Waals surface area contributed by atoms with Gasteiger partial charge in [-0.3, -0.25) is 4.98 Å². The molecule has 0 radical (unpaired) electrons. The fourth-order valence-electron chi connectivity index (χ4n) is 1.76. The highest BCUT2D eigenvalue weighted by Gasteiger charge is 1.99. The van der Waals surface area contributed by atoms with Crippen LogP contribution in [0.3, 0.4) is 0 Å². The lowest BCUT2D eigenvalue weighted by atomic mass is 10.1. The third-order valence-electron chi connectivity index (χ3n) is 3.01. The molecule has 3 nitrogen and oxygen atoms in total. The minimum atomic E-state index is 0.807. The zero-order chi connectivity index (χ0) is 13.0. The van der Waals surface area contributed by atoms with E-state index in [4.69, 9.17) is 0 Å². The van der Waals surface area contributed by atoms with E-state index in [1.807, 2.05) is 32.6 Å². The second-order valence-corrected chi connectivity index (χ2v) is 4.60. The molecule has 0 aliphatic rings. The molecule has 0 fully saturated rings. The Hall–Kier alpha value is -2.03. The highest BCUT2D eigenvalue weighted by molar-refractivity contribution is 5.54. The van der Waals surface area contributed by atoms with Crippen LogP contribution in [0.4, 0.5) is 11.4 Å².